The van der Waals surface area contributed by atoms with E-state index in [1.54, 1.807) is 42.7 Å². The molecule has 0 aliphatic carbocycles. The Balaban J connectivity index is 1.63. The Morgan fingerprint density at radius 1 is 1.00 bits per heavy atom. The summed E-state index contributed by atoms with van der Waals surface area (Å²) in [5.41, 5.74) is 1.51. The second-order valence-corrected chi connectivity index (χ2v) is 7.69. The van der Waals surface area contributed by atoms with Gasteiger partial charge in [0, 0.05) is 24.5 Å². The van der Waals surface area contributed by atoms with Crippen LogP contribution < -0.4 is 9.47 Å². The zero-order valence-electron chi connectivity index (χ0n) is 17.4. The highest BCUT2D eigenvalue weighted by atomic mass is 19.1. The maximum absolute atomic E-state index is 13.6. The van der Waals surface area contributed by atoms with Crippen molar-refractivity contribution in [1.29, 1.82) is 0 Å². The standard InChI is InChI=1S/C25H19FN2O5/c26-18-4-1-16(2-5-18)22-21(23(29)17-3-6-19-20(13-17)33-12-11-32-19)24(30)25(31)28(22)14-15-7-9-27-10-8-15/h1-10,13,22,29H,11-12,14H2. The zero-order valence-corrected chi connectivity index (χ0v) is 17.4. The molecule has 0 spiro atoms. The van der Waals surface area contributed by atoms with Crippen LogP contribution in [0.2, 0.25) is 0 Å². The lowest BCUT2D eigenvalue weighted by atomic mass is 9.95. The normalized spacial score (nSPS) is 19.1. The zero-order chi connectivity index (χ0) is 22.9. The Kier molecular flexibility index (Phi) is 5.26. The molecule has 1 fully saturated rings. The average Bonchev–Trinajstić information content (AvgIpc) is 3.09. The third-order valence-electron chi connectivity index (χ3n) is 5.64. The number of hydrogen-bond donors (Lipinski definition) is 1. The maximum atomic E-state index is 13.6. The molecular formula is C25H19FN2O5. The molecule has 0 bridgehead atoms. The van der Waals surface area contributed by atoms with Gasteiger partial charge in [-0.15, -0.1) is 0 Å². The Hall–Kier alpha value is -4.20. The van der Waals surface area contributed by atoms with Crippen LogP contribution in [0.1, 0.15) is 22.7 Å². The number of pyridine rings is 1. The number of nitrogens with zero attached hydrogens (tertiary/aromatic N) is 2. The number of hydrogen-bond acceptors (Lipinski definition) is 6. The summed E-state index contributed by atoms with van der Waals surface area (Å²) in [7, 11) is 0. The number of ether oxygens (including phenoxy) is 2. The summed E-state index contributed by atoms with van der Waals surface area (Å²) in [5, 5.41) is 11.2. The SMILES string of the molecule is O=C1C(=O)N(Cc2ccncc2)C(c2ccc(F)cc2)C1=C(O)c1ccc2c(c1)OCCO2. The number of aliphatic hydroxyl groups excluding tert-OH is 1. The van der Waals surface area contributed by atoms with Gasteiger partial charge in [0.25, 0.3) is 11.7 Å². The fraction of sp³-hybridized carbons (Fsp3) is 0.160. The summed E-state index contributed by atoms with van der Waals surface area (Å²) < 4.78 is 24.7. The molecule has 2 aromatic carbocycles. The molecule has 1 N–H and O–H groups in total. The highest BCUT2D eigenvalue weighted by Crippen LogP contribution is 2.41. The van der Waals surface area contributed by atoms with Crippen LogP contribution in [0.4, 0.5) is 4.39 Å². The van der Waals surface area contributed by atoms with E-state index < -0.39 is 23.5 Å². The summed E-state index contributed by atoms with van der Waals surface area (Å²) in [5.74, 6) is -1.37. The lowest BCUT2D eigenvalue weighted by Crippen LogP contribution is -2.29. The summed E-state index contributed by atoms with van der Waals surface area (Å²) in [6.07, 6.45) is 3.18. The van der Waals surface area contributed by atoms with Crippen LogP contribution in [0.15, 0.2) is 72.6 Å². The van der Waals surface area contributed by atoms with Gasteiger partial charge < -0.3 is 19.5 Å². The first-order valence-corrected chi connectivity index (χ1v) is 10.4. The second-order valence-electron chi connectivity index (χ2n) is 7.69. The van der Waals surface area contributed by atoms with Crippen LogP contribution in [-0.2, 0) is 16.1 Å². The Bertz CT molecular complexity index is 1260. The molecule has 2 aliphatic heterocycles. The number of carbonyl (C=O) groups excluding carboxylic acids is 2. The van der Waals surface area contributed by atoms with E-state index >= 15 is 0 Å². The van der Waals surface area contributed by atoms with Crippen LogP contribution in [-0.4, -0.2) is 39.9 Å². The third kappa shape index (κ3) is 3.80. The van der Waals surface area contributed by atoms with E-state index in [0.717, 1.165) is 5.56 Å². The van der Waals surface area contributed by atoms with Crippen molar-refractivity contribution < 1.29 is 28.6 Å². The molecule has 1 unspecified atom stereocenters. The highest BCUT2D eigenvalue weighted by Gasteiger charge is 2.46. The molecule has 8 heteroatoms. The molecule has 1 amide bonds. The number of ketones is 1. The molecule has 7 nitrogen and oxygen atoms in total. The number of amides is 1. The predicted octanol–water partition coefficient (Wildman–Crippen LogP) is 3.61. The molecule has 0 radical (unpaired) electrons. The second kappa shape index (κ2) is 8.38. The minimum Gasteiger partial charge on any atom is -0.507 e. The van der Waals surface area contributed by atoms with Gasteiger partial charge in [0.05, 0.1) is 11.6 Å². The van der Waals surface area contributed by atoms with Crippen molar-refractivity contribution in [3.05, 3.63) is 95.1 Å². The van der Waals surface area contributed by atoms with E-state index in [2.05, 4.69) is 4.98 Å². The van der Waals surface area contributed by atoms with Gasteiger partial charge in [-0.2, -0.15) is 0 Å². The van der Waals surface area contributed by atoms with Gasteiger partial charge in [-0.25, -0.2) is 4.39 Å². The molecule has 1 aromatic heterocycles. The van der Waals surface area contributed by atoms with Crippen LogP contribution in [0.5, 0.6) is 11.5 Å². The molecule has 3 heterocycles. The lowest BCUT2D eigenvalue weighted by molar-refractivity contribution is -0.140. The lowest BCUT2D eigenvalue weighted by Gasteiger charge is -2.25. The number of halogens is 1. The van der Waals surface area contributed by atoms with Crippen LogP contribution >= 0.6 is 0 Å². The number of carbonyl (C=O) groups is 2. The largest absolute Gasteiger partial charge is 0.507 e. The van der Waals surface area contributed by atoms with Crippen molar-refractivity contribution in [1.82, 2.24) is 9.88 Å². The third-order valence-corrected chi connectivity index (χ3v) is 5.64. The molecule has 33 heavy (non-hydrogen) atoms. The van der Waals surface area contributed by atoms with Crippen molar-refractivity contribution in [2.24, 2.45) is 0 Å². The highest BCUT2D eigenvalue weighted by molar-refractivity contribution is 6.46. The van der Waals surface area contributed by atoms with E-state index in [1.807, 2.05) is 0 Å². The Labute approximate surface area is 188 Å². The van der Waals surface area contributed by atoms with Crippen molar-refractivity contribution in [3.8, 4) is 11.5 Å². The molecule has 166 valence electrons. The summed E-state index contributed by atoms with van der Waals surface area (Å²) in [6, 6.07) is 12.9. The van der Waals surface area contributed by atoms with E-state index in [9.17, 15) is 19.1 Å². The van der Waals surface area contributed by atoms with Gasteiger partial charge in [-0.05, 0) is 53.6 Å². The van der Waals surface area contributed by atoms with Gasteiger partial charge in [0.1, 0.15) is 24.8 Å². The van der Waals surface area contributed by atoms with Crippen molar-refractivity contribution in [2.45, 2.75) is 12.6 Å². The number of benzene rings is 2. The molecule has 3 aromatic rings. The number of aromatic nitrogens is 1. The summed E-state index contributed by atoms with van der Waals surface area (Å²) in [6.45, 7) is 0.902. The van der Waals surface area contributed by atoms with Crippen molar-refractivity contribution in [3.63, 3.8) is 0 Å². The molecule has 0 saturated carbocycles. The molecule has 5 rings (SSSR count). The number of fused-ring (bicyclic) bond motifs is 1. The number of rotatable bonds is 4. The first kappa shape index (κ1) is 20.7. The minimum atomic E-state index is -0.896. The van der Waals surface area contributed by atoms with Crippen LogP contribution in [0.25, 0.3) is 5.76 Å². The Morgan fingerprint density at radius 2 is 1.70 bits per heavy atom. The Morgan fingerprint density at radius 3 is 2.42 bits per heavy atom. The monoisotopic (exact) mass is 446 g/mol. The van der Waals surface area contributed by atoms with Crippen LogP contribution in [0, 0.1) is 5.82 Å². The van der Waals surface area contributed by atoms with E-state index in [0.29, 0.717) is 35.8 Å². The van der Waals surface area contributed by atoms with E-state index in [-0.39, 0.29) is 17.9 Å². The van der Waals surface area contributed by atoms with Crippen molar-refractivity contribution >= 4 is 17.4 Å². The van der Waals surface area contributed by atoms with Crippen molar-refractivity contribution in [2.75, 3.05) is 13.2 Å². The smallest absolute Gasteiger partial charge is 0.295 e. The number of Topliss-reactive ketones (excluding diaryl/α,β-unsaturated/α-hetero) is 1. The quantitative estimate of drug-likeness (QED) is 0.374. The molecule has 1 saturated heterocycles. The number of aliphatic hydroxyl groups is 1. The van der Waals surface area contributed by atoms with E-state index in [1.165, 1.54) is 29.2 Å². The van der Waals surface area contributed by atoms with Gasteiger partial charge in [0.15, 0.2) is 11.5 Å². The fourth-order valence-electron chi connectivity index (χ4n) is 4.07. The molecular weight excluding hydrogens is 427 g/mol. The maximum Gasteiger partial charge on any atom is 0.295 e. The molecule has 1 atom stereocenters. The van der Waals surface area contributed by atoms with Crippen LogP contribution in [0.3, 0.4) is 0 Å². The average molecular weight is 446 g/mol. The van der Waals surface area contributed by atoms with Gasteiger partial charge in [0.2, 0.25) is 0 Å². The minimum absolute atomic E-state index is 0.0719. The molecule has 2 aliphatic rings. The van der Waals surface area contributed by atoms with Gasteiger partial charge >= 0.3 is 0 Å². The summed E-state index contributed by atoms with van der Waals surface area (Å²) >= 11 is 0. The topological polar surface area (TPSA) is 89.0 Å². The first-order chi connectivity index (χ1) is 16.0. The van der Waals surface area contributed by atoms with Gasteiger partial charge in [-0.1, -0.05) is 12.1 Å². The fourth-order valence-corrected chi connectivity index (χ4v) is 4.07. The van der Waals surface area contributed by atoms with Gasteiger partial charge in [-0.3, -0.25) is 14.6 Å². The first-order valence-electron chi connectivity index (χ1n) is 10.4. The predicted molar refractivity (Wildman–Crippen MR) is 116 cm³/mol. The summed E-state index contributed by atoms with van der Waals surface area (Å²) in [4.78, 5) is 31.5. The van der Waals surface area contributed by atoms with E-state index in [4.69, 9.17) is 9.47 Å². The number of likely N-dealkylation sites (tertiary alicyclic amines) is 1.